The molecule has 1 unspecified atom stereocenters. The number of hydrogen-bond acceptors (Lipinski definition) is 4. The van der Waals surface area contributed by atoms with Crippen molar-refractivity contribution in [2.24, 2.45) is 0 Å². The summed E-state index contributed by atoms with van der Waals surface area (Å²) in [4.78, 5) is 11.0. The Morgan fingerprint density at radius 1 is 1.38 bits per heavy atom. The molecule has 1 atom stereocenters. The predicted molar refractivity (Wildman–Crippen MR) is 76.4 cm³/mol. The van der Waals surface area contributed by atoms with Crippen molar-refractivity contribution < 1.29 is 22.7 Å². The molecule has 0 aliphatic heterocycles. The Hall–Kier alpha value is -1.48. The fourth-order valence-corrected chi connectivity index (χ4v) is 4.11. The van der Waals surface area contributed by atoms with E-state index < -0.39 is 32.7 Å². The molecule has 2 aromatic rings. The van der Waals surface area contributed by atoms with Crippen LogP contribution in [0.3, 0.4) is 0 Å². The molecule has 0 aliphatic rings. The van der Waals surface area contributed by atoms with E-state index in [1.165, 1.54) is 6.07 Å². The van der Waals surface area contributed by atoms with Gasteiger partial charge in [-0.3, -0.25) is 4.79 Å². The van der Waals surface area contributed by atoms with E-state index in [0.717, 1.165) is 29.5 Å². The number of carboxylic acid groups (broad SMARTS) is 1. The molecule has 2 rings (SSSR count). The molecule has 0 saturated heterocycles. The van der Waals surface area contributed by atoms with Crippen LogP contribution in [0, 0.1) is 5.82 Å². The van der Waals surface area contributed by atoms with Crippen LogP contribution >= 0.6 is 22.9 Å². The number of aliphatic carboxylic acids is 1. The fourth-order valence-electron chi connectivity index (χ4n) is 1.59. The minimum absolute atomic E-state index is 0.195. The van der Waals surface area contributed by atoms with Gasteiger partial charge < -0.3 is 5.11 Å². The lowest BCUT2D eigenvalue weighted by molar-refractivity contribution is -0.139. The van der Waals surface area contributed by atoms with E-state index in [0.29, 0.717) is 4.88 Å². The van der Waals surface area contributed by atoms with Gasteiger partial charge in [0, 0.05) is 4.88 Å². The Morgan fingerprint density at radius 3 is 2.67 bits per heavy atom. The first-order valence-corrected chi connectivity index (χ1v) is 8.29. The molecule has 1 aromatic heterocycles. The Labute approximate surface area is 129 Å². The van der Waals surface area contributed by atoms with Crippen molar-refractivity contribution in [3.05, 3.63) is 51.4 Å². The van der Waals surface area contributed by atoms with E-state index in [9.17, 15) is 17.6 Å². The second-order valence-electron chi connectivity index (χ2n) is 3.98. The van der Waals surface area contributed by atoms with Crippen molar-refractivity contribution in [2.75, 3.05) is 0 Å². The summed E-state index contributed by atoms with van der Waals surface area (Å²) in [6, 6.07) is 4.45. The van der Waals surface area contributed by atoms with Gasteiger partial charge in [0.25, 0.3) is 0 Å². The maximum atomic E-state index is 13.2. The first-order valence-electron chi connectivity index (χ1n) is 5.55. The average Bonchev–Trinajstić information content (AvgIpc) is 2.92. The van der Waals surface area contributed by atoms with E-state index in [2.05, 4.69) is 0 Å². The fraction of sp³-hybridized carbons (Fsp3) is 0.0833. The van der Waals surface area contributed by atoms with Crippen LogP contribution < -0.4 is 4.72 Å². The molecule has 0 aliphatic carbocycles. The largest absolute Gasteiger partial charge is 0.480 e. The van der Waals surface area contributed by atoms with Crippen molar-refractivity contribution in [1.82, 2.24) is 4.72 Å². The van der Waals surface area contributed by atoms with Crippen LogP contribution in [0.2, 0.25) is 5.02 Å². The van der Waals surface area contributed by atoms with Gasteiger partial charge in [0.2, 0.25) is 10.0 Å². The number of thiophene rings is 1. The summed E-state index contributed by atoms with van der Waals surface area (Å²) in [5.41, 5.74) is 0. The zero-order valence-electron chi connectivity index (χ0n) is 10.3. The molecule has 2 N–H and O–H groups in total. The maximum absolute atomic E-state index is 13.2. The smallest absolute Gasteiger partial charge is 0.327 e. The molecular weight excluding hydrogens is 341 g/mol. The van der Waals surface area contributed by atoms with Crippen LogP contribution in [0.15, 0.2) is 40.6 Å². The van der Waals surface area contributed by atoms with Gasteiger partial charge in [-0.2, -0.15) is 4.72 Å². The quantitative estimate of drug-likeness (QED) is 0.869. The molecule has 0 radical (unpaired) electrons. The molecule has 5 nitrogen and oxygen atoms in total. The van der Waals surface area contributed by atoms with Gasteiger partial charge in [-0.05, 0) is 29.6 Å². The number of sulfonamides is 1. The molecule has 0 spiro atoms. The molecular formula is C12H9ClFNO4S2. The highest BCUT2D eigenvalue weighted by molar-refractivity contribution is 7.89. The number of rotatable bonds is 5. The second-order valence-corrected chi connectivity index (χ2v) is 7.05. The Kier molecular flexibility index (Phi) is 4.62. The van der Waals surface area contributed by atoms with Crippen molar-refractivity contribution in [3.8, 4) is 0 Å². The van der Waals surface area contributed by atoms with E-state index in [1.807, 2.05) is 4.72 Å². The van der Waals surface area contributed by atoms with E-state index in [4.69, 9.17) is 16.7 Å². The first-order chi connectivity index (χ1) is 9.81. The zero-order chi connectivity index (χ0) is 15.6. The molecule has 9 heteroatoms. The molecule has 0 amide bonds. The third-order valence-corrected chi connectivity index (χ3v) is 5.37. The average molecular weight is 350 g/mol. The number of hydrogen-bond donors (Lipinski definition) is 2. The van der Waals surface area contributed by atoms with Gasteiger partial charge in [-0.15, -0.1) is 11.3 Å². The topological polar surface area (TPSA) is 83.5 Å². The summed E-state index contributed by atoms with van der Waals surface area (Å²) in [5, 5.41) is 10.6. The van der Waals surface area contributed by atoms with Crippen LogP contribution in [0.4, 0.5) is 4.39 Å². The van der Waals surface area contributed by atoms with Crippen molar-refractivity contribution >= 4 is 38.9 Å². The summed E-state index contributed by atoms with van der Waals surface area (Å²) in [7, 11) is -4.28. The summed E-state index contributed by atoms with van der Waals surface area (Å²) in [5.74, 6) is -2.16. The van der Waals surface area contributed by atoms with Crippen LogP contribution in [0.1, 0.15) is 10.9 Å². The number of carbonyl (C=O) groups is 1. The van der Waals surface area contributed by atoms with Gasteiger partial charge in [-0.25, -0.2) is 12.8 Å². The van der Waals surface area contributed by atoms with E-state index in [1.54, 1.807) is 11.4 Å². The van der Waals surface area contributed by atoms with Crippen LogP contribution in [0.5, 0.6) is 0 Å². The summed E-state index contributed by atoms with van der Waals surface area (Å²) in [6.07, 6.45) is 0. The highest BCUT2D eigenvalue weighted by Gasteiger charge is 2.29. The highest BCUT2D eigenvalue weighted by atomic mass is 35.5. The van der Waals surface area contributed by atoms with E-state index in [-0.39, 0.29) is 5.02 Å². The lowest BCUT2D eigenvalue weighted by Crippen LogP contribution is -2.33. The summed E-state index contributed by atoms with van der Waals surface area (Å²) in [6.45, 7) is 0. The molecule has 21 heavy (non-hydrogen) atoms. The molecule has 1 aromatic carbocycles. The minimum atomic E-state index is -4.28. The summed E-state index contributed by atoms with van der Waals surface area (Å²) >= 11 is 6.83. The molecule has 0 saturated carbocycles. The molecule has 1 heterocycles. The van der Waals surface area contributed by atoms with E-state index >= 15 is 0 Å². The van der Waals surface area contributed by atoms with Gasteiger partial charge >= 0.3 is 5.97 Å². The molecule has 0 fully saturated rings. The number of nitrogens with one attached hydrogen (secondary N) is 1. The lowest BCUT2D eigenvalue weighted by atomic mass is 10.3. The molecule has 112 valence electrons. The van der Waals surface area contributed by atoms with Crippen LogP contribution in [0.25, 0.3) is 0 Å². The second kappa shape index (κ2) is 6.10. The van der Waals surface area contributed by atoms with Gasteiger partial charge in [0.15, 0.2) is 6.04 Å². The Bertz CT molecular complexity index is 762. The molecule has 0 bridgehead atoms. The maximum Gasteiger partial charge on any atom is 0.327 e. The number of benzene rings is 1. The van der Waals surface area contributed by atoms with Gasteiger partial charge in [0.05, 0.1) is 5.02 Å². The highest BCUT2D eigenvalue weighted by Crippen LogP contribution is 2.26. The number of halogens is 2. The third kappa shape index (κ3) is 3.59. The first kappa shape index (κ1) is 15.9. The van der Waals surface area contributed by atoms with Crippen molar-refractivity contribution in [3.63, 3.8) is 0 Å². The van der Waals surface area contributed by atoms with Gasteiger partial charge in [-0.1, -0.05) is 17.7 Å². The minimum Gasteiger partial charge on any atom is -0.480 e. The third-order valence-electron chi connectivity index (χ3n) is 2.53. The van der Waals surface area contributed by atoms with Crippen LogP contribution in [-0.4, -0.2) is 19.5 Å². The lowest BCUT2D eigenvalue weighted by Gasteiger charge is -2.14. The Balaban J connectivity index is 2.40. The van der Waals surface area contributed by atoms with Crippen LogP contribution in [-0.2, 0) is 14.8 Å². The standard InChI is InChI=1S/C12H9ClFNO4S2/c13-8-4-3-7(14)6-10(8)21(18,19)15-11(12(16)17)9-2-1-5-20-9/h1-6,11,15H,(H,16,17). The summed E-state index contributed by atoms with van der Waals surface area (Å²) < 4.78 is 39.6. The Morgan fingerprint density at radius 2 is 2.10 bits per heavy atom. The number of carboxylic acids is 1. The normalized spacial score (nSPS) is 13.0. The van der Waals surface area contributed by atoms with Gasteiger partial charge in [0.1, 0.15) is 10.7 Å². The SMILES string of the molecule is O=C(O)C(NS(=O)(=O)c1cc(F)ccc1Cl)c1cccs1. The predicted octanol–water partition coefficient (Wildman–Crippen LogP) is 2.64. The van der Waals surface area contributed by atoms with Crippen molar-refractivity contribution in [2.45, 2.75) is 10.9 Å². The van der Waals surface area contributed by atoms with Crippen molar-refractivity contribution in [1.29, 1.82) is 0 Å². The monoisotopic (exact) mass is 349 g/mol. The zero-order valence-corrected chi connectivity index (χ0v) is 12.7.